The molecule has 6 heteroatoms. The molecule has 2 aromatic carbocycles. The van der Waals surface area contributed by atoms with Crippen LogP contribution >= 0.6 is 11.6 Å². The van der Waals surface area contributed by atoms with Crippen molar-refractivity contribution in [2.24, 2.45) is 0 Å². The number of halogens is 1. The number of fused-ring (bicyclic) bond motifs is 1. The van der Waals surface area contributed by atoms with E-state index < -0.39 is 0 Å². The van der Waals surface area contributed by atoms with E-state index in [2.05, 4.69) is 5.32 Å². The molecule has 0 bridgehead atoms. The summed E-state index contributed by atoms with van der Waals surface area (Å²) in [5, 5.41) is 4.18. The Labute approximate surface area is 161 Å². The number of nitrogens with zero attached hydrogens (tertiary/aromatic N) is 1. The van der Waals surface area contributed by atoms with E-state index in [-0.39, 0.29) is 17.6 Å². The summed E-state index contributed by atoms with van der Waals surface area (Å²) in [4.78, 5) is 26.4. The first-order valence-corrected chi connectivity index (χ1v) is 9.26. The highest BCUT2D eigenvalue weighted by Crippen LogP contribution is 2.31. The van der Waals surface area contributed by atoms with Crippen LogP contribution in [0.4, 0.5) is 5.69 Å². The van der Waals surface area contributed by atoms with Gasteiger partial charge in [-0.3, -0.25) is 9.59 Å². The van der Waals surface area contributed by atoms with Crippen molar-refractivity contribution in [2.45, 2.75) is 26.3 Å². The van der Waals surface area contributed by atoms with Crippen LogP contribution in [-0.4, -0.2) is 23.3 Å². The van der Waals surface area contributed by atoms with Crippen LogP contribution in [0.3, 0.4) is 0 Å². The molecule has 1 aliphatic rings. The Morgan fingerprint density at radius 2 is 2.07 bits per heavy atom. The first kappa shape index (κ1) is 17.6. The number of furan rings is 1. The van der Waals surface area contributed by atoms with Crippen molar-refractivity contribution in [2.75, 3.05) is 11.9 Å². The number of likely N-dealkylation sites (tertiary alicyclic amines) is 1. The minimum absolute atomic E-state index is 0.180. The number of benzene rings is 2. The minimum Gasteiger partial charge on any atom is -0.449 e. The lowest BCUT2D eigenvalue weighted by Gasteiger charge is -2.16. The molecule has 0 unspecified atom stereocenters. The van der Waals surface area contributed by atoms with Crippen LogP contribution in [0.15, 0.2) is 46.9 Å². The van der Waals surface area contributed by atoms with Crippen molar-refractivity contribution < 1.29 is 14.0 Å². The van der Waals surface area contributed by atoms with Crippen LogP contribution in [-0.2, 0) is 11.3 Å². The molecule has 138 valence electrons. The fourth-order valence-corrected chi connectivity index (χ4v) is 3.67. The summed E-state index contributed by atoms with van der Waals surface area (Å²) in [6.07, 6.45) is 1.52. The summed E-state index contributed by atoms with van der Waals surface area (Å²) in [5.41, 5.74) is 2.91. The van der Waals surface area contributed by atoms with Gasteiger partial charge in [0.1, 0.15) is 0 Å². The van der Waals surface area contributed by atoms with Gasteiger partial charge >= 0.3 is 0 Å². The minimum atomic E-state index is -0.325. The molecule has 27 heavy (non-hydrogen) atoms. The zero-order valence-corrected chi connectivity index (χ0v) is 15.7. The average Bonchev–Trinajstić information content (AvgIpc) is 3.20. The topological polar surface area (TPSA) is 62.6 Å². The molecule has 4 rings (SSSR count). The number of nitrogens with one attached hydrogen (secondary N) is 1. The van der Waals surface area contributed by atoms with E-state index in [0.717, 1.165) is 29.5 Å². The number of aryl methyl sites for hydroxylation is 1. The summed E-state index contributed by atoms with van der Waals surface area (Å²) in [5.74, 6) is 0.103. The average molecular weight is 383 g/mol. The maximum atomic E-state index is 12.7. The summed E-state index contributed by atoms with van der Waals surface area (Å²) < 4.78 is 5.72. The molecule has 3 aromatic rings. The fraction of sp³-hybridized carbons (Fsp3) is 0.238. The zero-order valence-electron chi connectivity index (χ0n) is 14.9. The van der Waals surface area contributed by atoms with Gasteiger partial charge < -0.3 is 14.6 Å². The van der Waals surface area contributed by atoms with E-state index in [1.165, 1.54) is 0 Å². The van der Waals surface area contributed by atoms with E-state index in [9.17, 15) is 9.59 Å². The molecule has 2 amide bonds. The van der Waals surface area contributed by atoms with Crippen molar-refractivity contribution in [1.29, 1.82) is 0 Å². The van der Waals surface area contributed by atoms with Gasteiger partial charge in [-0.05, 0) is 37.1 Å². The Bertz CT molecular complexity index is 1040. The van der Waals surface area contributed by atoms with Gasteiger partial charge in [0, 0.05) is 36.1 Å². The Morgan fingerprint density at radius 1 is 1.26 bits per heavy atom. The van der Waals surface area contributed by atoms with Crippen LogP contribution in [0.1, 0.15) is 34.5 Å². The van der Waals surface area contributed by atoms with Gasteiger partial charge in [0.2, 0.25) is 5.91 Å². The molecule has 0 saturated carbocycles. The Morgan fingerprint density at radius 3 is 2.81 bits per heavy atom. The number of hydrogen-bond acceptors (Lipinski definition) is 3. The highest BCUT2D eigenvalue weighted by molar-refractivity contribution is 6.35. The molecule has 5 nitrogen and oxygen atoms in total. The van der Waals surface area contributed by atoms with Crippen LogP contribution in [0.25, 0.3) is 11.0 Å². The van der Waals surface area contributed by atoms with Gasteiger partial charge in [0.15, 0.2) is 11.3 Å². The highest BCUT2D eigenvalue weighted by Gasteiger charge is 2.21. The maximum Gasteiger partial charge on any atom is 0.291 e. The lowest BCUT2D eigenvalue weighted by Crippen LogP contribution is -2.23. The first-order valence-electron chi connectivity index (χ1n) is 8.88. The number of para-hydroxylation sites is 1. The van der Waals surface area contributed by atoms with Crippen molar-refractivity contribution >= 4 is 40.1 Å². The normalized spacial score (nSPS) is 14.1. The second-order valence-electron chi connectivity index (χ2n) is 6.75. The number of amides is 2. The zero-order chi connectivity index (χ0) is 19.0. The second kappa shape index (κ2) is 7.08. The number of carbonyl (C=O) groups excluding carboxylic acids is 2. The van der Waals surface area contributed by atoms with Gasteiger partial charge in [-0.2, -0.15) is 0 Å². The highest BCUT2D eigenvalue weighted by atomic mass is 35.5. The first-order chi connectivity index (χ1) is 13.0. The molecule has 2 heterocycles. The molecule has 1 aromatic heterocycles. The molecule has 1 N–H and O–H groups in total. The molecule has 1 saturated heterocycles. The monoisotopic (exact) mass is 382 g/mol. The van der Waals surface area contributed by atoms with Crippen LogP contribution in [0.5, 0.6) is 0 Å². The number of carbonyl (C=O) groups is 2. The van der Waals surface area contributed by atoms with Crippen molar-refractivity contribution in [3.63, 3.8) is 0 Å². The van der Waals surface area contributed by atoms with E-state index in [1.807, 2.05) is 48.2 Å². The largest absolute Gasteiger partial charge is 0.449 e. The molecule has 0 radical (unpaired) electrons. The summed E-state index contributed by atoms with van der Waals surface area (Å²) in [7, 11) is 0. The quantitative estimate of drug-likeness (QED) is 0.707. The molecule has 0 atom stereocenters. The SMILES string of the molecule is Cc1c(C(=O)Nc2cccc(CN3CCCC3=O)c2)oc2c(Cl)cccc12. The van der Waals surface area contributed by atoms with Crippen molar-refractivity contribution in [3.05, 3.63) is 64.4 Å². The van der Waals surface area contributed by atoms with Crippen LogP contribution in [0, 0.1) is 6.92 Å². The third-order valence-corrected chi connectivity index (χ3v) is 5.15. The second-order valence-corrected chi connectivity index (χ2v) is 7.15. The van der Waals surface area contributed by atoms with Crippen molar-refractivity contribution in [3.8, 4) is 0 Å². The standard InChI is InChI=1S/C21H19ClN2O3/c1-13-16-7-3-8-17(22)20(16)27-19(13)21(26)23-15-6-2-5-14(11-15)12-24-10-4-9-18(24)25/h2-3,5-8,11H,4,9-10,12H2,1H3,(H,23,26). The Balaban J connectivity index is 1.55. The van der Waals surface area contributed by atoms with Crippen LogP contribution in [0.2, 0.25) is 5.02 Å². The van der Waals surface area contributed by atoms with E-state index in [4.69, 9.17) is 16.0 Å². The smallest absolute Gasteiger partial charge is 0.291 e. The van der Waals surface area contributed by atoms with Crippen LogP contribution < -0.4 is 5.32 Å². The Kier molecular flexibility index (Phi) is 4.62. The Hall–Kier alpha value is -2.79. The lowest BCUT2D eigenvalue weighted by atomic mass is 10.1. The van der Waals surface area contributed by atoms with Crippen molar-refractivity contribution in [1.82, 2.24) is 4.90 Å². The number of anilines is 1. The fourth-order valence-electron chi connectivity index (χ4n) is 3.45. The van der Waals surface area contributed by atoms with Gasteiger partial charge in [0.05, 0.1) is 5.02 Å². The summed E-state index contributed by atoms with van der Waals surface area (Å²) in [6, 6.07) is 13.0. The van der Waals surface area contributed by atoms with E-state index in [0.29, 0.717) is 29.3 Å². The number of rotatable bonds is 4. The third-order valence-electron chi connectivity index (χ3n) is 4.85. The van der Waals surface area contributed by atoms with Gasteiger partial charge in [-0.15, -0.1) is 0 Å². The third kappa shape index (κ3) is 3.43. The van der Waals surface area contributed by atoms with Gasteiger partial charge in [0.25, 0.3) is 5.91 Å². The molecular weight excluding hydrogens is 364 g/mol. The maximum absolute atomic E-state index is 12.7. The lowest BCUT2D eigenvalue weighted by molar-refractivity contribution is -0.128. The van der Waals surface area contributed by atoms with E-state index in [1.54, 1.807) is 6.07 Å². The molecule has 1 aliphatic heterocycles. The predicted octanol–water partition coefficient (Wildman–Crippen LogP) is 4.77. The molecule has 1 fully saturated rings. The molecule has 0 spiro atoms. The number of hydrogen-bond donors (Lipinski definition) is 1. The molecule has 0 aliphatic carbocycles. The van der Waals surface area contributed by atoms with Gasteiger partial charge in [-0.25, -0.2) is 0 Å². The van der Waals surface area contributed by atoms with Gasteiger partial charge in [-0.1, -0.05) is 35.9 Å². The summed E-state index contributed by atoms with van der Waals surface area (Å²) in [6.45, 7) is 3.18. The van der Waals surface area contributed by atoms with E-state index >= 15 is 0 Å². The summed E-state index contributed by atoms with van der Waals surface area (Å²) >= 11 is 6.16. The predicted molar refractivity (Wildman–Crippen MR) is 105 cm³/mol. The molecular formula is C21H19ClN2O3.